The fraction of sp³-hybridized carbons (Fsp3) is 0.647. The van der Waals surface area contributed by atoms with Crippen LogP contribution in [0.3, 0.4) is 0 Å². The third-order valence-corrected chi connectivity index (χ3v) is 4.16. The van der Waals surface area contributed by atoms with Crippen molar-refractivity contribution >= 4 is 0 Å². The summed E-state index contributed by atoms with van der Waals surface area (Å²) in [5.74, 6) is 0.958. The second-order valence-corrected chi connectivity index (χ2v) is 5.72. The summed E-state index contributed by atoms with van der Waals surface area (Å²) in [7, 11) is 3.90. The van der Waals surface area contributed by atoms with Gasteiger partial charge in [0.05, 0.1) is 13.7 Å². The molecule has 0 aliphatic carbocycles. The summed E-state index contributed by atoms with van der Waals surface area (Å²) in [6.45, 7) is 5.82. The molecule has 1 aromatic rings. The van der Waals surface area contributed by atoms with Crippen molar-refractivity contribution in [1.29, 1.82) is 0 Å². The highest BCUT2D eigenvalue weighted by Gasteiger charge is 2.28. The second-order valence-electron chi connectivity index (χ2n) is 5.72. The summed E-state index contributed by atoms with van der Waals surface area (Å²) in [5.41, 5.74) is 1.22. The zero-order chi connectivity index (χ0) is 15.1. The average Bonchev–Trinajstić information content (AvgIpc) is 2.53. The van der Waals surface area contributed by atoms with Crippen LogP contribution in [-0.2, 0) is 11.3 Å². The number of methoxy groups -OCH3 is 1. The first-order chi connectivity index (χ1) is 10.3. The molecule has 2 atom stereocenters. The first-order valence-electron chi connectivity index (χ1n) is 7.89. The highest BCUT2D eigenvalue weighted by Crippen LogP contribution is 2.22. The number of nitrogens with one attached hydrogen (secondary N) is 1. The molecule has 1 aliphatic heterocycles. The molecule has 21 heavy (non-hydrogen) atoms. The van der Waals surface area contributed by atoms with Gasteiger partial charge >= 0.3 is 0 Å². The number of para-hydroxylation sites is 1. The van der Waals surface area contributed by atoms with Gasteiger partial charge in [-0.2, -0.15) is 0 Å². The van der Waals surface area contributed by atoms with Crippen molar-refractivity contribution in [3.63, 3.8) is 0 Å². The lowest BCUT2D eigenvalue weighted by Crippen LogP contribution is -2.54. The minimum absolute atomic E-state index is 0.412. The van der Waals surface area contributed by atoms with Crippen LogP contribution in [0.15, 0.2) is 24.3 Å². The van der Waals surface area contributed by atoms with Crippen LogP contribution in [-0.4, -0.2) is 50.9 Å². The predicted octanol–water partition coefficient (Wildman–Crippen LogP) is 2.28. The summed E-state index contributed by atoms with van der Waals surface area (Å²) >= 11 is 0. The van der Waals surface area contributed by atoms with Gasteiger partial charge in [-0.1, -0.05) is 25.1 Å². The quantitative estimate of drug-likeness (QED) is 0.836. The molecule has 1 aromatic carbocycles. The van der Waals surface area contributed by atoms with E-state index in [2.05, 4.69) is 36.3 Å². The highest BCUT2D eigenvalue weighted by atomic mass is 16.5. The number of nitrogens with zero attached hydrogens (tertiary/aromatic N) is 1. The Labute approximate surface area is 128 Å². The zero-order valence-corrected chi connectivity index (χ0v) is 13.5. The van der Waals surface area contributed by atoms with Gasteiger partial charge in [0.2, 0.25) is 0 Å². The third kappa shape index (κ3) is 4.43. The molecule has 0 radical (unpaired) electrons. The fourth-order valence-electron chi connectivity index (χ4n) is 2.94. The van der Waals surface area contributed by atoms with E-state index in [1.54, 1.807) is 7.11 Å². The Morgan fingerprint density at radius 2 is 2.19 bits per heavy atom. The van der Waals surface area contributed by atoms with Crippen LogP contribution in [0.25, 0.3) is 0 Å². The Morgan fingerprint density at radius 1 is 1.38 bits per heavy atom. The van der Waals surface area contributed by atoms with E-state index in [-0.39, 0.29) is 0 Å². The Hall–Kier alpha value is -1.10. The van der Waals surface area contributed by atoms with Crippen LogP contribution in [0.2, 0.25) is 0 Å². The van der Waals surface area contributed by atoms with Crippen LogP contribution < -0.4 is 10.1 Å². The molecule has 0 saturated carbocycles. The molecule has 1 saturated heterocycles. The maximum Gasteiger partial charge on any atom is 0.123 e. The smallest absolute Gasteiger partial charge is 0.123 e. The lowest BCUT2D eigenvalue weighted by molar-refractivity contribution is 0.00331. The van der Waals surface area contributed by atoms with Gasteiger partial charge in [0.1, 0.15) is 5.75 Å². The van der Waals surface area contributed by atoms with Crippen molar-refractivity contribution in [2.45, 2.75) is 38.4 Å². The molecular formula is C17H28N2O2. The molecule has 4 heteroatoms. The molecule has 1 N–H and O–H groups in total. The molecule has 0 aromatic heterocycles. The van der Waals surface area contributed by atoms with E-state index in [0.29, 0.717) is 12.1 Å². The van der Waals surface area contributed by atoms with Crippen molar-refractivity contribution in [2.75, 3.05) is 33.9 Å². The van der Waals surface area contributed by atoms with E-state index < -0.39 is 0 Å². The predicted molar refractivity (Wildman–Crippen MR) is 85.8 cm³/mol. The standard InChI is InChI=1S/C17H28N2O2/c1-4-10-18-15-9-11-21-13-16(15)19(2)12-14-7-5-6-8-17(14)20-3/h5-8,15-16,18H,4,9-13H2,1-3H3. The van der Waals surface area contributed by atoms with Crippen molar-refractivity contribution in [3.05, 3.63) is 29.8 Å². The number of benzene rings is 1. The van der Waals surface area contributed by atoms with Crippen LogP contribution in [0.5, 0.6) is 5.75 Å². The number of hydrogen-bond acceptors (Lipinski definition) is 4. The van der Waals surface area contributed by atoms with E-state index >= 15 is 0 Å². The largest absolute Gasteiger partial charge is 0.496 e. The number of ether oxygens (including phenoxy) is 2. The topological polar surface area (TPSA) is 33.7 Å². The Balaban J connectivity index is 2.01. The first kappa shape index (κ1) is 16.3. The Kier molecular flexibility index (Phi) is 6.49. The van der Waals surface area contributed by atoms with Gasteiger partial charge in [0.15, 0.2) is 0 Å². The minimum Gasteiger partial charge on any atom is -0.496 e. The molecule has 0 amide bonds. The molecule has 1 heterocycles. The lowest BCUT2D eigenvalue weighted by Gasteiger charge is -2.38. The average molecular weight is 292 g/mol. The molecule has 4 nitrogen and oxygen atoms in total. The van der Waals surface area contributed by atoms with E-state index in [1.807, 2.05) is 12.1 Å². The maximum atomic E-state index is 5.69. The molecule has 1 fully saturated rings. The third-order valence-electron chi connectivity index (χ3n) is 4.16. The van der Waals surface area contributed by atoms with Crippen LogP contribution >= 0.6 is 0 Å². The monoisotopic (exact) mass is 292 g/mol. The van der Waals surface area contributed by atoms with Gasteiger partial charge < -0.3 is 14.8 Å². The van der Waals surface area contributed by atoms with Crippen molar-refractivity contribution < 1.29 is 9.47 Å². The van der Waals surface area contributed by atoms with E-state index in [1.165, 1.54) is 12.0 Å². The minimum atomic E-state index is 0.412. The maximum absolute atomic E-state index is 5.69. The number of likely N-dealkylation sites (N-methyl/N-ethyl adjacent to an activating group) is 1. The van der Waals surface area contributed by atoms with E-state index in [9.17, 15) is 0 Å². The van der Waals surface area contributed by atoms with E-state index in [4.69, 9.17) is 9.47 Å². The van der Waals surface area contributed by atoms with E-state index in [0.717, 1.165) is 38.5 Å². The lowest BCUT2D eigenvalue weighted by atomic mass is 10.0. The van der Waals surface area contributed by atoms with Crippen molar-refractivity contribution in [3.8, 4) is 5.75 Å². The SMILES string of the molecule is CCCNC1CCOCC1N(C)Cc1ccccc1OC. The van der Waals surface area contributed by atoms with Gasteiger partial charge in [-0.3, -0.25) is 4.90 Å². The summed E-state index contributed by atoms with van der Waals surface area (Å²) in [6, 6.07) is 9.16. The van der Waals surface area contributed by atoms with Crippen LogP contribution in [0.1, 0.15) is 25.3 Å². The zero-order valence-electron chi connectivity index (χ0n) is 13.5. The summed E-state index contributed by atoms with van der Waals surface area (Å²) in [4.78, 5) is 2.38. The molecule has 2 rings (SSSR count). The van der Waals surface area contributed by atoms with Crippen LogP contribution in [0, 0.1) is 0 Å². The van der Waals surface area contributed by atoms with Gasteiger partial charge in [0.25, 0.3) is 0 Å². The number of rotatable bonds is 7. The second kappa shape index (κ2) is 8.37. The molecular weight excluding hydrogens is 264 g/mol. The summed E-state index contributed by atoms with van der Waals surface area (Å²) in [6.07, 6.45) is 2.25. The summed E-state index contributed by atoms with van der Waals surface area (Å²) in [5, 5.41) is 3.66. The number of hydrogen-bond donors (Lipinski definition) is 1. The van der Waals surface area contributed by atoms with Gasteiger partial charge in [-0.15, -0.1) is 0 Å². The van der Waals surface area contributed by atoms with Gasteiger partial charge in [-0.05, 0) is 32.5 Å². The van der Waals surface area contributed by atoms with Gasteiger partial charge in [0, 0.05) is 30.8 Å². The fourth-order valence-corrected chi connectivity index (χ4v) is 2.94. The van der Waals surface area contributed by atoms with Crippen molar-refractivity contribution in [1.82, 2.24) is 10.2 Å². The molecule has 118 valence electrons. The molecule has 1 aliphatic rings. The normalized spacial score (nSPS) is 22.5. The molecule has 2 unspecified atom stereocenters. The Morgan fingerprint density at radius 3 is 2.95 bits per heavy atom. The molecule has 0 bridgehead atoms. The van der Waals surface area contributed by atoms with Crippen LogP contribution in [0.4, 0.5) is 0 Å². The highest BCUT2D eigenvalue weighted by molar-refractivity contribution is 5.33. The van der Waals surface area contributed by atoms with Gasteiger partial charge in [-0.25, -0.2) is 0 Å². The van der Waals surface area contributed by atoms with Crippen molar-refractivity contribution in [2.24, 2.45) is 0 Å². The molecule has 0 spiro atoms. The first-order valence-corrected chi connectivity index (χ1v) is 7.89. The Bertz CT molecular complexity index is 425. The summed E-state index contributed by atoms with van der Waals surface area (Å²) < 4.78 is 11.1.